The molecule has 94 valence electrons. The molecule has 5 heteroatoms. The van der Waals surface area contributed by atoms with E-state index in [9.17, 15) is 9.59 Å². The summed E-state index contributed by atoms with van der Waals surface area (Å²) in [4.78, 5) is 24.8. The summed E-state index contributed by atoms with van der Waals surface area (Å²) >= 11 is 1.63. The molecule has 0 aromatic heterocycles. The summed E-state index contributed by atoms with van der Waals surface area (Å²) in [5, 5.41) is 2.90. The van der Waals surface area contributed by atoms with Crippen LogP contribution in [0.4, 0.5) is 5.69 Å². The van der Waals surface area contributed by atoms with Gasteiger partial charge in [-0.1, -0.05) is 6.07 Å². The molecule has 1 aliphatic carbocycles. The van der Waals surface area contributed by atoms with Crippen LogP contribution in [0, 0.1) is 5.41 Å². The SMILES string of the molecule is COC(=O)c1cccc2c1NC(=O)C1(CC1)CS2. The van der Waals surface area contributed by atoms with Crippen molar-refractivity contribution in [2.24, 2.45) is 5.41 Å². The van der Waals surface area contributed by atoms with Crippen LogP contribution in [0.2, 0.25) is 0 Å². The van der Waals surface area contributed by atoms with Gasteiger partial charge in [0, 0.05) is 10.6 Å². The number of carbonyl (C=O) groups is 2. The van der Waals surface area contributed by atoms with Crippen LogP contribution in [-0.4, -0.2) is 24.7 Å². The first kappa shape index (κ1) is 11.6. The van der Waals surface area contributed by atoms with Gasteiger partial charge in [-0.3, -0.25) is 4.79 Å². The fourth-order valence-electron chi connectivity index (χ4n) is 2.11. The second-order valence-corrected chi connectivity index (χ2v) is 5.71. The van der Waals surface area contributed by atoms with Crippen LogP contribution in [0.25, 0.3) is 0 Å². The lowest BCUT2D eigenvalue weighted by molar-refractivity contribution is -0.120. The van der Waals surface area contributed by atoms with Crippen LogP contribution >= 0.6 is 11.8 Å². The number of benzene rings is 1. The Morgan fingerprint density at radius 3 is 2.89 bits per heavy atom. The summed E-state index contributed by atoms with van der Waals surface area (Å²) in [5.74, 6) is 0.404. The molecule has 0 saturated heterocycles. The summed E-state index contributed by atoms with van der Waals surface area (Å²) < 4.78 is 4.75. The Morgan fingerprint density at radius 1 is 1.44 bits per heavy atom. The molecule has 1 aromatic carbocycles. The van der Waals surface area contributed by atoms with E-state index >= 15 is 0 Å². The van der Waals surface area contributed by atoms with Crippen molar-refractivity contribution in [1.82, 2.24) is 0 Å². The Labute approximate surface area is 109 Å². The fraction of sp³-hybridized carbons (Fsp3) is 0.385. The first-order valence-electron chi connectivity index (χ1n) is 5.82. The van der Waals surface area contributed by atoms with Crippen molar-refractivity contribution in [2.75, 3.05) is 18.2 Å². The highest BCUT2D eigenvalue weighted by Crippen LogP contribution is 2.53. The van der Waals surface area contributed by atoms with E-state index in [1.165, 1.54) is 7.11 Å². The van der Waals surface area contributed by atoms with Crippen LogP contribution < -0.4 is 5.32 Å². The number of hydrogen-bond donors (Lipinski definition) is 1. The predicted molar refractivity (Wildman–Crippen MR) is 68.8 cm³/mol. The molecule has 1 fully saturated rings. The Hall–Kier alpha value is -1.49. The van der Waals surface area contributed by atoms with Gasteiger partial charge in [0.05, 0.1) is 23.8 Å². The van der Waals surface area contributed by atoms with Gasteiger partial charge in [-0.05, 0) is 25.0 Å². The van der Waals surface area contributed by atoms with Crippen molar-refractivity contribution in [3.63, 3.8) is 0 Å². The second kappa shape index (κ2) is 4.02. The third kappa shape index (κ3) is 1.70. The number of methoxy groups -OCH3 is 1. The normalized spacial score (nSPS) is 19.7. The molecule has 0 bridgehead atoms. The number of anilines is 1. The van der Waals surface area contributed by atoms with E-state index in [2.05, 4.69) is 5.32 Å². The molecule has 4 nitrogen and oxygen atoms in total. The number of esters is 1. The zero-order valence-corrected chi connectivity index (χ0v) is 10.8. The van der Waals surface area contributed by atoms with Crippen molar-refractivity contribution in [3.05, 3.63) is 23.8 Å². The molecule has 2 aliphatic rings. The lowest BCUT2D eigenvalue weighted by Gasteiger charge is -2.11. The molecule has 1 spiro atoms. The maximum Gasteiger partial charge on any atom is 0.340 e. The molecule has 0 radical (unpaired) electrons. The molecule has 0 atom stereocenters. The third-order valence-electron chi connectivity index (χ3n) is 3.51. The Morgan fingerprint density at radius 2 is 2.22 bits per heavy atom. The van der Waals surface area contributed by atoms with Crippen LogP contribution in [0.5, 0.6) is 0 Å². The molecular weight excluding hydrogens is 250 g/mol. The minimum atomic E-state index is -0.417. The average Bonchev–Trinajstić information content (AvgIpc) is 3.18. The van der Waals surface area contributed by atoms with Gasteiger partial charge < -0.3 is 10.1 Å². The second-order valence-electron chi connectivity index (χ2n) is 4.69. The standard InChI is InChI=1S/C13H13NO3S/c1-17-11(15)8-3-2-4-9-10(8)14-12(16)13(5-6-13)7-18-9/h2-4H,5-7H2,1H3,(H,14,16). The Balaban J connectivity index is 2.04. The zero-order chi connectivity index (χ0) is 12.8. The van der Waals surface area contributed by atoms with Crippen molar-refractivity contribution in [3.8, 4) is 0 Å². The van der Waals surface area contributed by atoms with Crippen LogP contribution in [0.1, 0.15) is 23.2 Å². The van der Waals surface area contributed by atoms with Crippen LogP contribution in [-0.2, 0) is 9.53 Å². The Bertz CT molecular complexity index is 537. The van der Waals surface area contributed by atoms with Gasteiger partial charge in [0.25, 0.3) is 0 Å². The van der Waals surface area contributed by atoms with Gasteiger partial charge in [0.1, 0.15) is 0 Å². The number of carbonyl (C=O) groups excluding carboxylic acids is 2. The first-order valence-corrected chi connectivity index (χ1v) is 6.80. The zero-order valence-electron chi connectivity index (χ0n) is 9.99. The van der Waals surface area contributed by atoms with Crippen LogP contribution in [0.3, 0.4) is 0 Å². The summed E-state index contributed by atoms with van der Waals surface area (Å²) in [6.07, 6.45) is 1.88. The maximum absolute atomic E-state index is 12.1. The van der Waals surface area contributed by atoms with E-state index in [0.29, 0.717) is 11.3 Å². The minimum absolute atomic E-state index is 0.0325. The number of amides is 1. The number of hydrogen-bond acceptors (Lipinski definition) is 4. The minimum Gasteiger partial charge on any atom is -0.465 e. The molecule has 1 heterocycles. The number of fused-ring (bicyclic) bond motifs is 1. The summed E-state index contributed by atoms with van der Waals surface area (Å²) in [7, 11) is 1.34. The van der Waals surface area contributed by atoms with E-state index < -0.39 is 5.97 Å². The predicted octanol–water partition coefficient (Wildman–Crippen LogP) is 2.30. The molecule has 1 aromatic rings. The number of rotatable bonds is 1. The first-order chi connectivity index (χ1) is 8.66. The highest BCUT2D eigenvalue weighted by atomic mass is 32.2. The summed E-state index contributed by atoms with van der Waals surface area (Å²) in [5.41, 5.74) is 0.813. The monoisotopic (exact) mass is 263 g/mol. The molecule has 1 N–H and O–H groups in total. The lowest BCUT2D eigenvalue weighted by atomic mass is 10.1. The smallest absolute Gasteiger partial charge is 0.340 e. The van der Waals surface area contributed by atoms with E-state index in [0.717, 1.165) is 23.5 Å². The molecule has 1 aliphatic heterocycles. The van der Waals surface area contributed by atoms with Gasteiger partial charge in [-0.15, -0.1) is 11.8 Å². The van der Waals surface area contributed by atoms with Crippen molar-refractivity contribution < 1.29 is 14.3 Å². The molecule has 0 unspecified atom stereocenters. The summed E-state index contributed by atoms with van der Waals surface area (Å²) in [6.45, 7) is 0. The highest BCUT2D eigenvalue weighted by molar-refractivity contribution is 7.99. The Kier molecular flexibility index (Phi) is 2.59. The number of thioether (sulfide) groups is 1. The number of ether oxygens (including phenoxy) is 1. The van der Waals surface area contributed by atoms with Gasteiger partial charge in [0.2, 0.25) is 5.91 Å². The van der Waals surface area contributed by atoms with E-state index in [4.69, 9.17) is 4.74 Å². The fourth-order valence-corrected chi connectivity index (χ4v) is 3.44. The summed E-state index contributed by atoms with van der Waals surface area (Å²) in [6, 6.07) is 5.42. The van der Waals surface area contributed by atoms with E-state index in [1.54, 1.807) is 17.8 Å². The van der Waals surface area contributed by atoms with Crippen LogP contribution in [0.15, 0.2) is 23.1 Å². The maximum atomic E-state index is 12.1. The van der Waals surface area contributed by atoms with Crippen molar-refractivity contribution in [1.29, 1.82) is 0 Å². The molecule has 18 heavy (non-hydrogen) atoms. The largest absolute Gasteiger partial charge is 0.465 e. The molecule has 3 rings (SSSR count). The van der Waals surface area contributed by atoms with E-state index in [1.807, 2.05) is 12.1 Å². The molecular formula is C13H13NO3S. The topological polar surface area (TPSA) is 55.4 Å². The highest BCUT2D eigenvalue weighted by Gasteiger charge is 2.51. The van der Waals surface area contributed by atoms with E-state index in [-0.39, 0.29) is 11.3 Å². The third-order valence-corrected chi connectivity index (χ3v) is 4.86. The van der Waals surface area contributed by atoms with Gasteiger partial charge in [-0.25, -0.2) is 4.79 Å². The number of para-hydroxylation sites is 1. The average molecular weight is 263 g/mol. The van der Waals surface area contributed by atoms with Crippen molar-refractivity contribution >= 4 is 29.3 Å². The van der Waals surface area contributed by atoms with Gasteiger partial charge >= 0.3 is 5.97 Å². The lowest BCUT2D eigenvalue weighted by Crippen LogP contribution is -2.25. The van der Waals surface area contributed by atoms with Gasteiger partial charge in [-0.2, -0.15) is 0 Å². The van der Waals surface area contributed by atoms with Gasteiger partial charge in [0.15, 0.2) is 0 Å². The van der Waals surface area contributed by atoms with Crippen molar-refractivity contribution in [2.45, 2.75) is 17.7 Å². The quantitative estimate of drug-likeness (QED) is 0.790. The molecule has 1 amide bonds. The molecule has 1 saturated carbocycles. The number of nitrogens with one attached hydrogen (secondary N) is 1.